The van der Waals surface area contributed by atoms with Crippen molar-refractivity contribution in [1.82, 2.24) is 15.4 Å². The van der Waals surface area contributed by atoms with Crippen LogP contribution in [0.3, 0.4) is 0 Å². The first kappa shape index (κ1) is 22.1. The number of hydrogen-bond acceptors (Lipinski definition) is 5. The number of ether oxygens (including phenoxy) is 1. The summed E-state index contributed by atoms with van der Waals surface area (Å²) >= 11 is 1.28. The van der Waals surface area contributed by atoms with E-state index in [0.717, 1.165) is 37.0 Å². The lowest BCUT2D eigenvalue weighted by Gasteiger charge is -2.40. The van der Waals surface area contributed by atoms with Crippen LogP contribution in [0, 0.1) is 12.3 Å². The summed E-state index contributed by atoms with van der Waals surface area (Å²) in [6.07, 6.45) is 4.68. The summed E-state index contributed by atoms with van der Waals surface area (Å²) in [4.78, 5) is 5.70. The molecule has 2 rings (SSSR count). The predicted molar refractivity (Wildman–Crippen MR) is 111 cm³/mol. The zero-order valence-electron chi connectivity index (χ0n) is 16.5. The second kappa shape index (κ2) is 10.4. The summed E-state index contributed by atoms with van der Waals surface area (Å²) in [6.45, 7) is 6.99. The van der Waals surface area contributed by atoms with E-state index in [1.807, 2.05) is 19.9 Å². The molecule has 154 valence electrons. The van der Waals surface area contributed by atoms with Crippen molar-refractivity contribution in [1.29, 1.82) is 0 Å². The maximum atomic E-state index is 12.2. The first-order valence-electron chi connectivity index (χ1n) is 9.48. The molecular formula is C18H32N4O3S2. The molecular weight excluding hydrogens is 384 g/mol. The van der Waals surface area contributed by atoms with Gasteiger partial charge in [-0.15, -0.1) is 11.3 Å². The van der Waals surface area contributed by atoms with Gasteiger partial charge in [0.1, 0.15) is 4.21 Å². The zero-order valence-corrected chi connectivity index (χ0v) is 18.1. The van der Waals surface area contributed by atoms with Crippen LogP contribution in [0.15, 0.2) is 21.3 Å². The Bertz CT molecular complexity index is 712. The number of rotatable bonds is 11. The van der Waals surface area contributed by atoms with Crippen molar-refractivity contribution >= 4 is 27.3 Å². The van der Waals surface area contributed by atoms with Crippen LogP contribution in [0.5, 0.6) is 0 Å². The van der Waals surface area contributed by atoms with Gasteiger partial charge >= 0.3 is 0 Å². The summed E-state index contributed by atoms with van der Waals surface area (Å²) < 4.78 is 32.7. The fourth-order valence-corrected chi connectivity index (χ4v) is 5.42. The standard InChI is InChI=1S/C18H32N4O3S2/c1-4-19-17(21-14-18(8-5-9-18)10-13-25-3)20-11-12-22-27(23,24)16-7-6-15(2)26-16/h6-7,22H,4-5,8-14H2,1-3H3,(H2,19,20,21). The van der Waals surface area contributed by atoms with Crippen molar-refractivity contribution in [3.8, 4) is 0 Å². The van der Waals surface area contributed by atoms with Crippen molar-refractivity contribution in [3.63, 3.8) is 0 Å². The minimum Gasteiger partial charge on any atom is -0.385 e. The summed E-state index contributed by atoms with van der Waals surface area (Å²) in [5, 5.41) is 6.44. The summed E-state index contributed by atoms with van der Waals surface area (Å²) in [5.41, 5.74) is 0.261. The van der Waals surface area contributed by atoms with Crippen LogP contribution in [-0.4, -0.2) is 54.3 Å². The Labute approximate surface area is 167 Å². The molecule has 1 aliphatic carbocycles. The Morgan fingerprint density at radius 1 is 1.30 bits per heavy atom. The summed E-state index contributed by atoms with van der Waals surface area (Å²) in [7, 11) is -1.70. The third kappa shape index (κ3) is 6.74. The Morgan fingerprint density at radius 2 is 2.07 bits per heavy atom. The van der Waals surface area contributed by atoms with Gasteiger partial charge in [-0.1, -0.05) is 6.42 Å². The van der Waals surface area contributed by atoms with Crippen molar-refractivity contribution in [2.24, 2.45) is 10.4 Å². The highest BCUT2D eigenvalue weighted by Gasteiger charge is 2.36. The van der Waals surface area contributed by atoms with Crippen LogP contribution >= 0.6 is 11.3 Å². The minimum atomic E-state index is -3.44. The van der Waals surface area contributed by atoms with E-state index in [0.29, 0.717) is 17.3 Å². The Morgan fingerprint density at radius 3 is 2.63 bits per heavy atom. The number of methoxy groups -OCH3 is 1. The molecule has 1 fully saturated rings. The molecule has 1 aliphatic rings. The Hall–Kier alpha value is -1.16. The molecule has 3 N–H and O–H groups in total. The van der Waals surface area contributed by atoms with Gasteiger partial charge in [-0.2, -0.15) is 0 Å². The fraction of sp³-hybridized carbons (Fsp3) is 0.722. The summed E-state index contributed by atoms with van der Waals surface area (Å²) in [5.74, 6) is 0.729. The highest BCUT2D eigenvalue weighted by atomic mass is 32.2. The van der Waals surface area contributed by atoms with Gasteiger partial charge in [0.15, 0.2) is 5.96 Å². The SMILES string of the molecule is CCNC(=NCC1(CCOC)CCC1)NCCNS(=O)(=O)c1ccc(C)s1. The lowest BCUT2D eigenvalue weighted by Crippen LogP contribution is -2.43. The third-order valence-corrected chi connectivity index (χ3v) is 7.81. The lowest BCUT2D eigenvalue weighted by molar-refractivity contribution is 0.0778. The van der Waals surface area contributed by atoms with Crippen LogP contribution < -0.4 is 15.4 Å². The molecule has 0 spiro atoms. The molecule has 0 unspecified atom stereocenters. The van der Waals surface area contributed by atoms with Gasteiger partial charge in [0.05, 0.1) is 0 Å². The highest BCUT2D eigenvalue weighted by Crippen LogP contribution is 2.44. The number of nitrogens with zero attached hydrogens (tertiary/aromatic N) is 1. The first-order chi connectivity index (χ1) is 12.9. The summed E-state index contributed by atoms with van der Waals surface area (Å²) in [6, 6.07) is 3.45. The average Bonchev–Trinajstić information content (AvgIpc) is 3.04. The maximum Gasteiger partial charge on any atom is 0.250 e. The molecule has 9 heteroatoms. The second-order valence-electron chi connectivity index (χ2n) is 6.98. The topological polar surface area (TPSA) is 91.8 Å². The number of sulfonamides is 1. The van der Waals surface area contributed by atoms with Gasteiger partial charge in [0, 0.05) is 44.8 Å². The second-order valence-corrected chi connectivity index (χ2v) is 10.3. The molecule has 1 heterocycles. The average molecular weight is 417 g/mol. The van der Waals surface area contributed by atoms with Gasteiger partial charge in [-0.05, 0) is 50.7 Å². The number of aryl methyl sites for hydroxylation is 1. The molecule has 27 heavy (non-hydrogen) atoms. The number of thiophene rings is 1. The molecule has 1 aromatic heterocycles. The molecule has 0 radical (unpaired) electrons. The van der Waals surface area contributed by atoms with Crippen LogP contribution in [0.2, 0.25) is 0 Å². The van der Waals surface area contributed by atoms with E-state index in [1.54, 1.807) is 13.2 Å². The van der Waals surface area contributed by atoms with Gasteiger partial charge < -0.3 is 15.4 Å². The predicted octanol–water partition coefficient (Wildman–Crippen LogP) is 2.10. The van der Waals surface area contributed by atoms with Crippen molar-refractivity contribution in [2.45, 2.75) is 43.7 Å². The molecule has 0 aliphatic heterocycles. The number of aliphatic imine (C=N–C) groups is 1. The van der Waals surface area contributed by atoms with Gasteiger partial charge in [0.25, 0.3) is 0 Å². The van der Waals surface area contributed by atoms with Crippen molar-refractivity contribution in [3.05, 3.63) is 17.0 Å². The van der Waals surface area contributed by atoms with Crippen LogP contribution in [0.25, 0.3) is 0 Å². The largest absolute Gasteiger partial charge is 0.385 e. The molecule has 0 amide bonds. The smallest absolute Gasteiger partial charge is 0.250 e. The van der Waals surface area contributed by atoms with E-state index in [-0.39, 0.29) is 5.41 Å². The maximum absolute atomic E-state index is 12.2. The Kier molecular flexibility index (Phi) is 8.53. The third-order valence-electron chi connectivity index (χ3n) is 4.86. The van der Waals surface area contributed by atoms with E-state index in [9.17, 15) is 8.42 Å². The monoisotopic (exact) mass is 416 g/mol. The highest BCUT2D eigenvalue weighted by molar-refractivity contribution is 7.91. The van der Waals surface area contributed by atoms with E-state index < -0.39 is 10.0 Å². The molecule has 0 saturated heterocycles. The van der Waals surface area contributed by atoms with Crippen LogP contribution in [0.1, 0.15) is 37.5 Å². The van der Waals surface area contributed by atoms with Crippen molar-refractivity contribution < 1.29 is 13.2 Å². The van der Waals surface area contributed by atoms with E-state index in [1.165, 1.54) is 30.6 Å². The first-order valence-corrected chi connectivity index (χ1v) is 11.8. The van der Waals surface area contributed by atoms with E-state index >= 15 is 0 Å². The molecule has 0 aromatic carbocycles. The quantitative estimate of drug-likeness (QED) is 0.292. The van der Waals surface area contributed by atoms with Crippen LogP contribution in [-0.2, 0) is 14.8 Å². The van der Waals surface area contributed by atoms with E-state index in [4.69, 9.17) is 9.73 Å². The fourth-order valence-electron chi connectivity index (χ4n) is 3.06. The normalized spacial score (nSPS) is 16.8. The van der Waals surface area contributed by atoms with Gasteiger partial charge in [-0.3, -0.25) is 4.99 Å². The molecule has 1 aromatic rings. The molecule has 0 bridgehead atoms. The lowest BCUT2D eigenvalue weighted by atomic mass is 9.67. The van der Waals surface area contributed by atoms with Crippen LogP contribution in [0.4, 0.5) is 0 Å². The molecule has 0 atom stereocenters. The zero-order chi connectivity index (χ0) is 19.8. The van der Waals surface area contributed by atoms with Crippen molar-refractivity contribution in [2.75, 3.05) is 39.9 Å². The molecule has 7 nitrogen and oxygen atoms in total. The van der Waals surface area contributed by atoms with E-state index in [2.05, 4.69) is 15.4 Å². The number of nitrogens with one attached hydrogen (secondary N) is 3. The Balaban J connectivity index is 1.81. The minimum absolute atomic E-state index is 0.261. The van der Waals surface area contributed by atoms with Gasteiger partial charge in [0.2, 0.25) is 10.0 Å². The molecule has 1 saturated carbocycles. The number of hydrogen-bond donors (Lipinski definition) is 3. The van der Waals surface area contributed by atoms with Gasteiger partial charge in [-0.25, -0.2) is 13.1 Å². The number of guanidine groups is 1.